The number of benzene rings is 1. The van der Waals surface area contributed by atoms with Crippen LogP contribution in [0.4, 0.5) is 0 Å². The van der Waals surface area contributed by atoms with Crippen molar-refractivity contribution in [1.29, 1.82) is 0 Å². The molecule has 0 atom stereocenters. The number of likely N-dealkylation sites (N-methyl/N-ethyl adjacent to an activating group) is 1. The highest BCUT2D eigenvalue weighted by Crippen LogP contribution is 2.14. The average molecular weight is 290 g/mol. The number of rotatable bonds is 6. The molecule has 106 valence electrons. The van der Waals surface area contributed by atoms with Crippen molar-refractivity contribution < 1.29 is 9.53 Å². The molecule has 0 aliphatic carbocycles. The van der Waals surface area contributed by atoms with E-state index in [-0.39, 0.29) is 12.5 Å². The maximum Gasteiger partial charge on any atom is 0.260 e. The molecule has 2 N–H and O–H groups in total. The van der Waals surface area contributed by atoms with Gasteiger partial charge in [-0.05, 0) is 29.1 Å². The van der Waals surface area contributed by atoms with Crippen molar-refractivity contribution in [1.82, 2.24) is 4.90 Å². The molecule has 1 amide bonds. The lowest BCUT2D eigenvalue weighted by atomic mass is 10.2. The van der Waals surface area contributed by atoms with Crippen LogP contribution in [0, 0.1) is 0 Å². The van der Waals surface area contributed by atoms with Crippen LogP contribution in [-0.2, 0) is 17.9 Å². The molecule has 1 heterocycles. The Bertz CT molecular complexity index is 555. The molecule has 0 radical (unpaired) electrons. The molecule has 0 bridgehead atoms. The number of thiophene rings is 1. The largest absolute Gasteiger partial charge is 0.484 e. The van der Waals surface area contributed by atoms with Gasteiger partial charge >= 0.3 is 0 Å². The molecule has 0 saturated heterocycles. The van der Waals surface area contributed by atoms with Crippen LogP contribution in [0.15, 0.2) is 41.8 Å². The third kappa shape index (κ3) is 4.08. The first-order valence-electron chi connectivity index (χ1n) is 6.37. The van der Waals surface area contributed by atoms with Crippen molar-refractivity contribution in [2.75, 3.05) is 13.7 Å². The van der Waals surface area contributed by atoms with Gasteiger partial charge in [0.15, 0.2) is 6.61 Å². The first kappa shape index (κ1) is 14.6. The van der Waals surface area contributed by atoms with Gasteiger partial charge in [0, 0.05) is 18.5 Å². The molecule has 1 aromatic carbocycles. The van der Waals surface area contributed by atoms with Crippen LogP contribution in [0.3, 0.4) is 0 Å². The summed E-state index contributed by atoms with van der Waals surface area (Å²) in [6.45, 7) is 1.11. The van der Waals surface area contributed by atoms with E-state index in [2.05, 4.69) is 0 Å². The molecule has 0 spiro atoms. The number of ether oxygens (including phenoxy) is 1. The minimum Gasteiger partial charge on any atom is -0.484 e. The standard InChI is InChI=1S/C15H18N2O2S/c1-17(10-14-6-3-7-20-14)15(18)11-19-13-5-2-4-12(8-13)9-16/h2-8H,9-11,16H2,1H3. The summed E-state index contributed by atoms with van der Waals surface area (Å²) >= 11 is 1.64. The molecular weight excluding hydrogens is 272 g/mol. The fourth-order valence-electron chi connectivity index (χ4n) is 1.74. The predicted molar refractivity (Wildman–Crippen MR) is 80.6 cm³/mol. The maximum atomic E-state index is 12.0. The second kappa shape index (κ2) is 7.07. The monoisotopic (exact) mass is 290 g/mol. The zero-order valence-electron chi connectivity index (χ0n) is 11.4. The molecule has 0 saturated carbocycles. The fourth-order valence-corrected chi connectivity index (χ4v) is 2.50. The van der Waals surface area contributed by atoms with E-state index in [9.17, 15) is 4.79 Å². The van der Waals surface area contributed by atoms with Crippen LogP contribution in [0.5, 0.6) is 5.75 Å². The van der Waals surface area contributed by atoms with Crippen molar-refractivity contribution in [2.24, 2.45) is 5.73 Å². The van der Waals surface area contributed by atoms with E-state index in [0.717, 1.165) is 10.4 Å². The van der Waals surface area contributed by atoms with Crippen molar-refractivity contribution in [3.8, 4) is 5.75 Å². The summed E-state index contributed by atoms with van der Waals surface area (Å²) in [5.74, 6) is 0.627. The number of hydrogen-bond donors (Lipinski definition) is 1. The van der Waals surface area contributed by atoms with Gasteiger partial charge in [0.25, 0.3) is 5.91 Å². The number of carbonyl (C=O) groups is 1. The highest BCUT2D eigenvalue weighted by molar-refractivity contribution is 7.09. The summed E-state index contributed by atoms with van der Waals surface area (Å²) in [6, 6.07) is 11.5. The van der Waals surface area contributed by atoms with Gasteiger partial charge in [-0.15, -0.1) is 11.3 Å². The van der Waals surface area contributed by atoms with E-state index in [0.29, 0.717) is 18.8 Å². The molecule has 1 aromatic heterocycles. The van der Waals surface area contributed by atoms with Crippen molar-refractivity contribution >= 4 is 17.2 Å². The van der Waals surface area contributed by atoms with Gasteiger partial charge in [0.1, 0.15) is 5.75 Å². The Morgan fingerprint density at radius 3 is 2.90 bits per heavy atom. The van der Waals surface area contributed by atoms with Crippen LogP contribution in [0.2, 0.25) is 0 Å². The zero-order valence-corrected chi connectivity index (χ0v) is 12.2. The lowest BCUT2D eigenvalue weighted by molar-refractivity contribution is -0.132. The third-order valence-electron chi connectivity index (χ3n) is 2.90. The minimum absolute atomic E-state index is 0.0376. The number of amides is 1. The minimum atomic E-state index is -0.0449. The smallest absolute Gasteiger partial charge is 0.260 e. The van der Waals surface area contributed by atoms with Gasteiger partial charge in [-0.25, -0.2) is 0 Å². The molecule has 5 heteroatoms. The van der Waals surface area contributed by atoms with Gasteiger partial charge in [-0.2, -0.15) is 0 Å². The van der Waals surface area contributed by atoms with Gasteiger partial charge in [0.2, 0.25) is 0 Å². The number of hydrogen-bond acceptors (Lipinski definition) is 4. The summed E-state index contributed by atoms with van der Waals surface area (Å²) in [6.07, 6.45) is 0. The van der Waals surface area contributed by atoms with Gasteiger partial charge in [-0.3, -0.25) is 4.79 Å². The van der Waals surface area contributed by atoms with Crippen molar-refractivity contribution in [2.45, 2.75) is 13.1 Å². The quantitative estimate of drug-likeness (QED) is 0.887. The Morgan fingerprint density at radius 2 is 2.20 bits per heavy atom. The Morgan fingerprint density at radius 1 is 1.35 bits per heavy atom. The van der Waals surface area contributed by atoms with Crippen molar-refractivity contribution in [3.63, 3.8) is 0 Å². The van der Waals surface area contributed by atoms with E-state index >= 15 is 0 Å². The first-order valence-corrected chi connectivity index (χ1v) is 7.25. The Balaban J connectivity index is 1.84. The SMILES string of the molecule is CN(Cc1cccs1)C(=O)COc1cccc(CN)c1. The molecule has 0 aliphatic heterocycles. The first-order chi connectivity index (χ1) is 9.69. The lowest BCUT2D eigenvalue weighted by Gasteiger charge is -2.16. The number of carbonyl (C=O) groups excluding carboxylic acids is 1. The highest BCUT2D eigenvalue weighted by atomic mass is 32.1. The fraction of sp³-hybridized carbons (Fsp3) is 0.267. The number of nitrogens with two attached hydrogens (primary N) is 1. The second-order valence-corrected chi connectivity index (χ2v) is 5.50. The highest BCUT2D eigenvalue weighted by Gasteiger charge is 2.10. The average Bonchev–Trinajstić information content (AvgIpc) is 2.97. The normalized spacial score (nSPS) is 10.3. The van der Waals surface area contributed by atoms with E-state index in [1.54, 1.807) is 23.3 Å². The van der Waals surface area contributed by atoms with E-state index in [4.69, 9.17) is 10.5 Å². The molecule has 2 aromatic rings. The lowest BCUT2D eigenvalue weighted by Crippen LogP contribution is -2.30. The van der Waals surface area contributed by atoms with Crippen LogP contribution < -0.4 is 10.5 Å². The van der Waals surface area contributed by atoms with Crippen LogP contribution in [-0.4, -0.2) is 24.5 Å². The van der Waals surface area contributed by atoms with E-state index < -0.39 is 0 Å². The Hall–Kier alpha value is -1.85. The van der Waals surface area contributed by atoms with Crippen molar-refractivity contribution in [3.05, 3.63) is 52.2 Å². The van der Waals surface area contributed by atoms with Gasteiger partial charge in [0.05, 0.1) is 6.54 Å². The zero-order chi connectivity index (χ0) is 14.4. The topological polar surface area (TPSA) is 55.6 Å². The summed E-state index contributed by atoms with van der Waals surface area (Å²) in [7, 11) is 1.78. The summed E-state index contributed by atoms with van der Waals surface area (Å²) in [4.78, 5) is 14.8. The van der Waals surface area contributed by atoms with Gasteiger partial charge < -0.3 is 15.4 Å². The summed E-state index contributed by atoms with van der Waals surface area (Å²) in [5.41, 5.74) is 6.56. The molecule has 0 aliphatic rings. The van der Waals surface area contributed by atoms with Crippen LogP contribution in [0.1, 0.15) is 10.4 Å². The van der Waals surface area contributed by atoms with E-state index in [1.165, 1.54) is 0 Å². The van der Waals surface area contributed by atoms with Crippen LogP contribution >= 0.6 is 11.3 Å². The number of nitrogens with zero attached hydrogens (tertiary/aromatic N) is 1. The molecule has 4 nitrogen and oxygen atoms in total. The maximum absolute atomic E-state index is 12.0. The molecule has 0 fully saturated rings. The summed E-state index contributed by atoms with van der Waals surface area (Å²) in [5, 5.41) is 2.00. The molecule has 2 rings (SSSR count). The van der Waals surface area contributed by atoms with E-state index in [1.807, 2.05) is 41.8 Å². The van der Waals surface area contributed by atoms with Gasteiger partial charge in [-0.1, -0.05) is 18.2 Å². The Labute approximate surface area is 122 Å². The Kier molecular flexibility index (Phi) is 5.15. The molecule has 0 unspecified atom stereocenters. The summed E-state index contributed by atoms with van der Waals surface area (Å²) < 4.78 is 5.51. The third-order valence-corrected chi connectivity index (χ3v) is 3.76. The van der Waals surface area contributed by atoms with Crippen LogP contribution in [0.25, 0.3) is 0 Å². The molecular formula is C15H18N2O2S. The predicted octanol–water partition coefficient (Wildman–Crippen LogP) is 2.24. The second-order valence-electron chi connectivity index (χ2n) is 4.47. The molecule has 20 heavy (non-hydrogen) atoms.